The van der Waals surface area contributed by atoms with Crippen LogP contribution in [0, 0.1) is 17.7 Å². The summed E-state index contributed by atoms with van der Waals surface area (Å²) in [6, 6.07) is 5.56. The molecule has 1 atom stereocenters. The van der Waals surface area contributed by atoms with Gasteiger partial charge in [-0.15, -0.1) is 0 Å². The lowest BCUT2D eigenvalue weighted by atomic mass is 9.77. The highest BCUT2D eigenvalue weighted by molar-refractivity contribution is 5.20. The van der Waals surface area contributed by atoms with E-state index in [9.17, 15) is 17.6 Å². The van der Waals surface area contributed by atoms with Gasteiger partial charge in [-0.2, -0.15) is 13.2 Å². The highest BCUT2D eigenvalue weighted by Gasteiger charge is 2.42. The van der Waals surface area contributed by atoms with Crippen LogP contribution in [0.1, 0.15) is 37.3 Å². The first-order valence-electron chi connectivity index (χ1n) is 6.45. The first-order chi connectivity index (χ1) is 8.88. The Morgan fingerprint density at radius 3 is 2.00 bits per heavy atom. The summed E-state index contributed by atoms with van der Waals surface area (Å²) in [5.74, 6) is -1.48. The van der Waals surface area contributed by atoms with Crippen molar-refractivity contribution in [1.29, 1.82) is 0 Å². The molecular formula is C14H17F4N. The fourth-order valence-corrected chi connectivity index (χ4v) is 2.76. The molecule has 5 heteroatoms. The lowest BCUT2D eigenvalue weighted by Gasteiger charge is -2.33. The summed E-state index contributed by atoms with van der Waals surface area (Å²) in [6.07, 6.45) is -2.86. The van der Waals surface area contributed by atoms with Crippen molar-refractivity contribution in [3.05, 3.63) is 35.6 Å². The number of hydrogen-bond donors (Lipinski definition) is 1. The molecule has 106 valence electrons. The first kappa shape index (κ1) is 14.3. The van der Waals surface area contributed by atoms with E-state index in [4.69, 9.17) is 5.73 Å². The zero-order chi connectivity index (χ0) is 14.0. The van der Waals surface area contributed by atoms with Crippen LogP contribution in [0.5, 0.6) is 0 Å². The van der Waals surface area contributed by atoms with Gasteiger partial charge in [0.15, 0.2) is 0 Å². The van der Waals surface area contributed by atoms with Gasteiger partial charge in [-0.05, 0) is 49.3 Å². The van der Waals surface area contributed by atoms with Crippen molar-refractivity contribution in [2.45, 2.75) is 37.9 Å². The Balaban J connectivity index is 1.96. The fraction of sp³-hybridized carbons (Fsp3) is 0.571. The van der Waals surface area contributed by atoms with Crippen LogP contribution < -0.4 is 5.73 Å². The van der Waals surface area contributed by atoms with Gasteiger partial charge in [0.25, 0.3) is 0 Å². The van der Waals surface area contributed by atoms with Crippen LogP contribution >= 0.6 is 0 Å². The molecule has 0 bridgehead atoms. The van der Waals surface area contributed by atoms with Gasteiger partial charge in [0.05, 0.1) is 5.92 Å². The van der Waals surface area contributed by atoms with E-state index in [1.165, 1.54) is 12.1 Å². The highest BCUT2D eigenvalue weighted by Crippen LogP contribution is 2.42. The second-order valence-electron chi connectivity index (χ2n) is 5.23. The minimum atomic E-state index is -4.09. The summed E-state index contributed by atoms with van der Waals surface area (Å²) in [7, 11) is 0. The van der Waals surface area contributed by atoms with Crippen LogP contribution in [0.25, 0.3) is 0 Å². The van der Waals surface area contributed by atoms with Crippen molar-refractivity contribution in [1.82, 2.24) is 0 Å². The van der Waals surface area contributed by atoms with Gasteiger partial charge in [-0.1, -0.05) is 12.1 Å². The maximum atomic E-state index is 12.8. The number of nitrogens with two attached hydrogens (primary N) is 1. The van der Waals surface area contributed by atoms with Crippen LogP contribution in [0.3, 0.4) is 0 Å². The number of halogens is 4. The summed E-state index contributed by atoms with van der Waals surface area (Å²) in [5, 5.41) is 0. The molecule has 1 aromatic rings. The van der Waals surface area contributed by atoms with Gasteiger partial charge in [-0.3, -0.25) is 0 Å². The van der Waals surface area contributed by atoms with Crippen LogP contribution in [0.15, 0.2) is 24.3 Å². The third kappa shape index (κ3) is 3.47. The topological polar surface area (TPSA) is 26.0 Å². The van der Waals surface area contributed by atoms with Crippen molar-refractivity contribution in [3.63, 3.8) is 0 Å². The molecule has 1 aliphatic rings. The fourth-order valence-electron chi connectivity index (χ4n) is 2.76. The molecule has 2 rings (SSSR count). The molecule has 1 aliphatic carbocycles. The van der Waals surface area contributed by atoms with Crippen LogP contribution in [-0.4, -0.2) is 6.18 Å². The predicted octanol–water partition coefficient (Wildman–Crippen LogP) is 4.19. The quantitative estimate of drug-likeness (QED) is 0.804. The van der Waals surface area contributed by atoms with E-state index in [1.807, 2.05) is 0 Å². The maximum Gasteiger partial charge on any atom is 0.391 e. The third-order valence-electron chi connectivity index (χ3n) is 4.00. The molecule has 1 unspecified atom stereocenters. The van der Waals surface area contributed by atoms with E-state index in [2.05, 4.69) is 0 Å². The van der Waals surface area contributed by atoms with Crippen LogP contribution in [-0.2, 0) is 0 Å². The van der Waals surface area contributed by atoms with Crippen molar-refractivity contribution in [2.24, 2.45) is 17.6 Å². The molecular weight excluding hydrogens is 258 g/mol. The average Bonchev–Trinajstić information content (AvgIpc) is 2.38. The highest BCUT2D eigenvalue weighted by atomic mass is 19.4. The molecule has 0 aliphatic heterocycles. The smallest absolute Gasteiger partial charge is 0.324 e. The summed E-state index contributed by atoms with van der Waals surface area (Å²) < 4.78 is 50.5. The minimum Gasteiger partial charge on any atom is -0.324 e. The van der Waals surface area contributed by atoms with Crippen LogP contribution in [0.4, 0.5) is 17.6 Å². The van der Waals surface area contributed by atoms with Crippen LogP contribution in [0.2, 0.25) is 0 Å². The molecule has 1 aromatic carbocycles. The Hall–Kier alpha value is -1.10. The van der Waals surface area contributed by atoms with Crippen molar-refractivity contribution < 1.29 is 17.6 Å². The third-order valence-corrected chi connectivity index (χ3v) is 4.00. The largest absolute Gasteiger partial charge is 0.391 e. The lowest BCUT2D eigenvalue weighted by molar-refractivity contribution is -0.184. The molecule has 0 amide bonds. The molecule has 1 nitrogen and oxygen atoms in total. The van der Waals surface area contributed by atoms with Gasteiger partial charge < -0.3 is 5.73 Å². The van der Waals surface area contributed by atoms with Crippen molar-refractivity contribution >= 4 is 0 Å². The van der Waals surface area contributed by atoms with E-state index in [0.29, 0.717) is 12.8 Å². The van der Waals surface area contributed by atoms with E-state index < -0.39 is 12.1 Å². The normalized spacial score (nSPS) is 26.2. The first-order valence-corrected chi connectivity index (χ1v) is 6.45. The Bertz CT molecular complexity index is 404. The van der Waals surface area contributed by atoms with Gasteiger partial charge in [0.1, 0.15) is 5.82 Å². The summed E-state index contributed by atoms with van der Waals surface area (Å²) in [4.78, 5) is 0. The van der Waals surface area contributed by atoms with E-state index in [1.54, 1.807) is 12.1 Å². The van der Waals surface area contributed by atoms with Gasteiger partial charge in [0.2, 0.25) is 0 Å². The molecule has 0 spiro atoms. The molecule has 0 aromatic heterocycles. The van der Waals surface area contributed by atoms with Gasteiger partial charge >= 0.3 is 6.18 Å². The second kappa shape index (κ2) is 5.49. The Kier molecular flexibility index (Phi) is 4.13. The maximum absolute atomic E-state index is 12.8. The van der Waals surface area contributed by atoms with Crippen molar-refractivity contribution in [3.8, 4) is 0 Å². The Labute approximate surface area is 109 Å². The zero-order valence-electron chi connectivity index (χ0n) is 10.5. The molecule has 0 saturated heterocycles. The number of benzene rings is 1. The predicted molar refractivity (Wildman–Crippen MR) is 64.8 cm³/mol. The standard InChI is InChI=1S/C14H17F4N/c15-12-7-3-10(4-8-12)13(19)9-1-5-11(6-2-9)14(16,17)18/h3-4,7-9,11,13H,1-2,5-6,19H2. The summed E-state index contributed by atoms with van der Waals surface area (Å²) >= 11 is 0. The Morgan fingerprint density at radius 1 is 1.00 bits per heavy atom. The molecule has 1 fully saturated rings. The summed E-state index contributed by atoms with van der Waals surface area (Å²) in [6.45, 7) is 0. The molecule has 2 N–H and O–H groups in total. The lowest BCUT2D eigenvalue weighted by Crippen LogP contribution is -2.31. The van der Waals surface area contributed by atoms with E-state index in [-0.39, 0.29) is 30.6 Å². The SMILES string of the molecule is NC(c1ccc(F)cc1)C1CCC(C(F)(F)F)CC1. The minimum absolute atomic E-state index is 0.0454. The molecule has 0 heterocycles. The molecule has 0 radical (unpaired) electrons. The van der Waals surface area contributed by atoms with Crippen molar-refractivity contribution in [2.75, 3.05) is 0 Å². The molecule has 19 heavy (non-hydrogen) atoms. The number of hydrogen-bond acceptors (Lipinski definition) is 1. The second-order valence-corrected chi connectivity index (χ2v) is 5.23. The zero-order valence-corrected chi connectivity index (χ0v) is 10.5. The van der Waals surface area contributed by atoms with E-state index in [0.717, 1.165) is 5.56 Å². The van der Waals surface area contributed by atoms with Gasteiger partial charge in [0, 0.05) is 6.04 Å². The Morgan fingerprint density at radius 2 is 1.53 bits per heavy atom. The number of alkyl halides is 3. The monoisotopic (exact) mass is 275 g/mol. The number of rotatable bonds is 2. The average molecular weight is 275 g/mol. The van der Waals surface area contributed by atoms with E-state index >= 15 is 0 Å². The van der Waals surface area contributed by atoms with Gasteiger partial charge in [-0.25, -0.2) is 4.39 Å². The molecule has 1 saturated carbocycles. The summed E-state index contributed by atoms with van der Waals surface area (Å²) in [5.41, 5.74) is 6.86.